The molecule has 0 bridgehead atoms. The molecule has 0 aromatic heterocycles. The number of rotatable bonds is 1. The van der Waals surface area contributed by atoms with E-state index < -0.39 is 0 Å². The molecule has 14 heavy (non-hydrogen) atoms. The van der Waals surface area contributed by atoms with Crippen LogP contribution in [0.5, 0.6) is 0 Å². The lowest BCUT2D eigenvalue weighted by Crippen LogP contribution is -2.65. The number of hydrogen-bond donors (Lipinski definition) is 2. The maximum absolute atomic E-state index is 3.91. The summed E-state index contributed by atoms with van der Waals surface area (Å²) in [6.07, 6.45) is 7.03. The monoisotopic (exact) mass is 196 g/mol. The van der Waals surface area contributed by atoms with E-state index in [2.05, 4.69) is 24.5 Å². The van der Waals surface area contributed by atoms with Gasteiger partial charge in [0.15, 0.2) is 0 Å². The first kappa shape index (κ1) is 10.4. The zero-order chi connectivity index (χ0) is 10.0. The third kappa shape index (κ3) is 2.12. The van der Waals surface area contributed by atoms with Crippen molar-refractivity contribution in [3.05, 3.63) is 0 Å². The van der Waals surface area contributed by atoms with Crippen LogP contribution < -0.4 is 10.6 Å². The second-order valence-electron chi connectivity index (χ2n) is 5.47. The fourth-order valence-electron chi connectivity index (χ4n) is 2.91. The summed E-state index contributed by atoms with van der Waals surface area (Å²) in [6.45, 7) is 6.98. The Morgan fingerprint density at radius 1 is 1.14 bits per heavy atom. The highest BCUT2D eigenvalue weighted by atomic mass is 15.1. The minimum atomic E-state index is 0.450. The second-order valence-corrected chi connectivity index (χ2v) is 5.47. The van der Waals surface area contributed by atoms with Crippen molar-refractivity contribution in [2.75, 3.05) is 13.1 Å². The molecule has 0 aromatic carbocycles. The molecule has 1 heterocycles. The van der Waals surface area contributed by atoms with Gasteiger partial charge >= 0.3 is 0 Å². The Labute approximate surface area is 87.8 Å². The minimum absolute atomic E-state index is 0.450. The van der Waals surface area contributed by atoms with E-state index >= 15 is 0 Å². The largest absolute Gasteiger partial charge is 0.313 e. The fourth-order valence-corrected chi connectivity index (χ4v) is 2.91. The lowest BCUT2D eigenvalue weighted by atomic mass is 9.79. The normalized spacial score (nSPS) is 32.4. The lowest BCUT2D eigenvalue weighted by molar-refractivity contribution is 0.146. The number of piperazine rings is 1. The Balaban J connectivity index is 1.97. The predicted octanol–water partition coefficient (Wildman–Crippen LogP) is 1.91. The first-order chi connectivity index (χ1) is 6.72. The maximum Gasteiger partial charge on any atom is 0.0309 e. The van der Waals surface area contributed by atoms with Crippen LogP contribution in [0.3, 0.4) is 0 Å². The van der Waals surface area contributed by atoms with Gasteiger partial charge in [0.05, 0.1) is 0 Å². The lowest BCUT2D eigenvalue weighted by Gasteiger charge is -2.46. The van der Waals surface area contributed by atoms with Crippen molar-refractivity contribution >= 4 is 0 Å². The van der Waals surface area contributed by atoms with E-state index in [-0.39, 0.29) is 0 Å². The topological polar surface area (TPSA) is 24.1 Å². The van der Waals surface area contributed by atoms with Crippen LogP contribution >= 0.6 is 0 Å². The van der Waals surface area contributed by atoms with Crippen LogP contribution in [-0.4, -0.2) is 24.7 Å². The van der Waals surface area contributed by atoms with Gasteiger partial charge in [-0.3, -0.25) is 0 Å². The summed E-state index contributed by atoms with van der Waals surface area (Å²) in [5.74, 6) is 0.751. The van der Waals surface area contributed by atoms with Gasteiger partial charge in [-0.15, -0.1) is 0 Å². The Morgan fingerprint density at radius 3 is 2.50 bits per heavy atom. The molecule has 2 N–H and O–H groups in total. The van der Waals surface area contributed by atoms with Crippen molar-refractivity contribution in [2.24, 2.45) is 5.92 Å². The quantitative estimate of drug-likeness (QED) is 0.669. The summed E-state index contributed by atoms with van der Waals surface area (Å²) in [4.78, 5) is 0. The van der Waals surface area contributed by atoms with Gasteiger partial charge in [0.25, 0.3) is 0 Å². The van der Waals surface area contributed by atoms with Crippen molar-refractivity contribution in [1.29, 1.82) is 0 Å². The Hall–Kier alpha value is -0.0800. The molecule has 2 fully saturated rings. The molecule has 1 spiro atoms. The SMILES string of the molecule is CC(C)[C@@H]1CNCC2(CCCCC2)N1. The average Bonchev–Trinajstić information content (AvgIpc) is 2.19. The molecule has 1 saturated carbocycles. The van der Waals surface area contributed by atoms with Crippen molar-refractivity contribution < 1.29 is 0 Å². The van der Waals surface area contributed by atoms with E-state index in [0.717, 1.165) is 12.5 Å². The third-order valence-corrected chi connectivity index (χ3v) is 3.93. The van der Waals surface area contributed by atoms with E-state index in [9.17, 15) is 0 Å². The number of nitrogens with one attached hydrogen (secondary N) is 2. The first-order valence-electron chi connectivity index (χ1n) is 6.20. The van der Waals surface area contributed by atoms with Gasteiger partial charge in [-0.25, -0.2) is 0 Å². The smallest absolute Gasteiger partial charge is 0.0309 e. The van der Waals surface area contributed by atoms with E-state index in [4.69, 9.17) is 0 Å². The number of hydrogen-bond acceptors (Lipinski definition) is 2. The average molecular weight is 196 g/mol. The van der Waals surface area contributed by atoms with Crippen LogP contribution in [0.4, 0.5) is 0 Å². The molecule has 2 rings (SSSR count). The molecule has 2 nitrogen and oxygen atoms in total. The van der Waals surface area contributed by atoms with Gasteiger partial charge in [-0.2, -0.15) is 0 Å². The molecule has 0 unspecified atom stereocenters. The van der Waals surface area contributed by atoms with Gasteiger partial charge < -0.3 is 10.6 Å². The van der Waals surface area contributed by atoms with E-state index in [1.54, 1.807) is 0 Å². The molecule has 1 aliphatic heterocycles. The van der Waals surface area contributed by atoms with E-state index in [0.29, 0.717) is 11.6 Å². The molecular formula is C12H24N2. The second kappa shape index (κ2) is 4.19. The molecule has 2 heteroatoms. The van der Waals surface area contributed by atoms with Crippen LogP contribution in [0.1, 0.15) is 46.0 Å². The van der Waals surface area contributed by atoms with Crippen molar-refractivity contribution in [2.45, 2.75) is 57.5 Å². The molecule has 0 radical (unpaired) electrons. The van der Waals surface area contributed by atoms with Gasteiger partial charge in [-0.05, 0) is 18.8 Å². The molecule has 2 aliphatic rings. The molecule has 0 aromatic rings. The van der Waals surface area contributed by atoms with Crippen molar-refractivity contribution in [1.82, 2.24) is 10.6 Å². The summed E-state index contributed by atoms with van der Waals surface area (Å²) in [7, 11) is 0. The maximum atomic E-state index is 3.91. The van der Waals surface area contributed by atoms with Gasteiger partial charge in [-0.1, -0.05) is 33.1 Å². The van der Waals surface area contributed by atoms with Crippen molar-refractivity contribution in [3.8, 4) is 0 Å². The van der Waals surface area contributed by atoms with Gasteiger partial charge in [0.2, 0.25) is 0 Å². The highest BCUT2D eigenvalue weighted by Gasteiger charge is 2.37. The van der Waals surface area contributed by atoms with Crippen LogP contribution in [0.25, 0.3) is 0 Å². The standard InChI is InChI=1S/C12H24N2/c1-10(2)11-8-13-9-12(14-11)6-4-3-5-7-12/h10-11,13-14H,3-9H2,1-2H3/t11-/m0/s1. The Kier molecular flexibility index (Phi) is 3.13. The van der Waals surface area contributed by atoms with Crippen LogP contribution in [0, 0.1) is 5.92 Å². The van der Waals surface area contributed by atoms with Crippen LogP contribution in [-0.2, 0) is 0 Å². The zero-order valence-electron chi connectivity index (χ0n) is 9.60. The van der Waals surface area contributed by atoms with Crippen LogP contribution in [0.2, 0.25) is 0 Å². The molecule has 82 valence electrons. The molecule has 0 amide bonds. The minimum Gasteiger partial charge on any atom is -0.313 e. The summed E-state index contributed by atoms with van der Waals surface area (Å²) in [5, 5.41) is 7.52. The fraction of sp³-hybridized carbons (Fsp3) is 1.00. The highest BCUT2D eigenvalue weighted by Crippen LogP contribution is 2.30. The predicted molar refractivity (Wildman–Crippen MR) is 60.4 cm³/mol. The first-order valence-corrected chi connectivity index (χ1v) is 6.20. The summed E-state index contributed by atoms with van der Waals surface area (Å²) < 4.78 is 0. The summed E-state index contributed by atoms with van der Waals surface area (Å²) >= 11 is 0. The summed E-state index contributed by atoms with van der Waals surface area (Å²) in [5.41, 5.74) is 0.450. The zero-order valence-corrected chi connectivity index (χ0v) is 9.60. The van der Waals surface area contributed by atoms with Gasteiger partial charge in [0, 0.05) is 24.7 Å². The molecule has 1 saturated heterocycles. The van der Waals surface area contributed by atoms with Crippen molar-refractivity contribution in [3.63, 3.8) is 0 Å². The third-order valence-electron chi connectivity index (χ3n) is 3.93. The van der Waals surface area contributed by atoms with Gasteiger partial charge in [0.1, 0.15) is 0 Å². The van der Waals surface area contributed by atoms with E-state index in [1.807, 2.05) is 0 Å². The van der Waals surface area contributed by atoms with Crippen LogP contribution in [0.15, 0.2) is 0 Å². The molecule has 1 atom stereocenters. The highest BCUT2D eigenvalue weighted by molar-refractivity contribution is 4.99. The molecule has 1 aliphatic carbocycles. The van der Waals surface area contributed by atoms with E-state index in [1.165, 1.54) is 38.6 Å². The summed E-state index contributed by atoms with van der Waals surface area (Å²) in [6, 6.07) is 0.682. The Bertz CT molecular complexity index is 177. The Morgan fingerprint density at radius 2 is 1.86 bits per heavy atom. The molecular weight excluding hydrogens is 172 g/mol.